The molecule has 0 aliphatic carbocycles. The van der Waals surface area contributed by atoms with E-state index in [-0.39, 0.29) is 23.3 Å². The van der Waals surface area contributed by atoms with Gasteiger partial charge in [0.2, 0.25) is 11.8 Å². The summed E-state index contributed by atoms with van der Waals surface area (Å²) in [5, 5.41) is 3.31. The molecule has 0 aliphatic heterocycles. The van der Waals surface area contributed by atoms with Gasteiger partial charge in [0.1, 0.15) is 18.3 Å². The lowest BCUT2D eigenvalue weighted by molar-refractivity contribution is -0.139. The predicted octanol–water partition coefficient (Wildman–Crippen LogP) is 5.04. The van der Waals surface area contributed by atoms with Crippen LogP contribution in [0.4, 0.5) is 5.69 Å². The van der Waals surface area contributed by atoms with Crippen LogP contribution < -0.4 is 14.4 Å². The van der Waals surface area contributed by atoms with Crippen LogP contribution in [0.2, 0.25) is 5.02 Å². The van der Waals surface area contributed by atoms with Crippen molar-refractivity contribution >= 4 is 39.1 Å². The van der Waals surface area contributed by atoms with Crippen molar-refractivity contribution in [3.8, 4) is 5.75 Å². The molecule has 3 aromatic carbocycles. The molecule has 0 unspecified atom stereocenters. The number of carbonyl (C=O) groups excluding carboxylic acids is 2. The number of carbonyl (C=O) groups is 2. The molecule has 0 heterocycles. The largest absolute Gasteiger partial charge is 0.497 e. The summed E-state index contributed by atoms with van der Waals surface area (Å²) in [4.78, 5) is 28.4. The minimum Gasteiger partial charge on any atom is -0.497 e. The topological polar surface area (TPSA) is 96.0 Å². The zero-order valence-corrected chi connectivity index (χ0v) is 25.0. The minimum atomic E-state index is -4.17. The maximum absolute atomic E-state index is 13.9. The molecule has 40 heavy (non-hydrogen) atoms. The summed E-state index contributed by atoms with van der Waals surface area (Å²) in [7, 11) is -2.67. The Kier molecular flexibility index (Phi) is 10.6. The molecule has 1 atom stereocenters. The Hall–Kier alpha value is -3.56. The molecule has 0 saturated heterocycles. The van der Waals surface area contributed by atoms with E-state index in [1.165, 1.54) is 24.1 Å². The zero-order chi connectivity index (χ0) is 29.4. The first-order chi connectivity index (χ1) is 18.9. The number of halogens is 1. The van der Waals surface area contributed by atoms with Crippen LogP contribution in [0, 0.1) is 12.8 Å². The Bertz CT molecular complexity index is 1410. The molecule has 0 aromatic heterocycles. The Morgan fingerprint density at radius 3 is 2.15 bits per heavy atom. The highest BCUT2D eigenvalue weighted by molar-refractivity contribution is 7.92. The Balaban J connectivity index is 2.02. The summed E-state index contributed by atoms with van der Waals surface area (Å²) in [6.45, 7) is 7.40. The average molecular weight is 586 g/mol. The molecule has 0 saturated carbocycles. The lowest BCUT2D eigenvalue weighted by Crippen LogP contribution is -2.51. The van der Waals surface area contributed by atoms with Gasteiger partial charge >= 0.3 is 0 Å². The van der Waals surface area contributed by atoms with Crippen molar-refractivity contribution in [1.29, 1.82) is 0 Å². The predicted molar refractivity (Wildman–Crippen MR) is 158 cm³/mol. The smallest absolute Gasteiger partial charge is 0.264 e. The standard InChI is InChI=1S/C30H36ClN3O5S/c1-21(2)18-32-30(36)23(4)33(19-24-8-6-7-9-28(24)31)29(35)20-34(25-12-10-22(3)11-13-25)40(37,38)27-16-14-26(39-5)15-17-27/h6-17,21,23H,18-20H2,1-5H3,(H,32,36)/t23-/m1/s1. The number of hydrogen-bond donors (Lipinski definition) is 1. The van der Waals surface area contributed by atoms with Crippen molar-refractivity contribution in [2.75, 3.05) is 24.5 Å². The van der Waals surface area contributed by atoms with E-state index in [1.54, 1.807) is 67.6 Å². The third kappa shape index (κ3) is 7.76. The van der Waals surface area contributed by atoms with Crippen LogP contribution >= 0.6 is 11.6 Å². The van der Waals surface area contributed by atoms with E-state index in [1.807, 2.05) is 20.8 Å². The second-order valence-corrected chi connectivity index (χ2v) is 12.2. The molecule has 3 rings (SSSR count). The van der Waals surface area contributed by atoms with Gasteiger partial charge in [-0.05, 0) is 67.8 Å². The molecule has 214 valence electrons. The number of sulfonamides is 1. The van der Waals surface area contributed by atoms with Crippen LogP contribution in [-0.4, -0.2) is 51.4 Å². The summed E-state index contributed by atoms with van der Waals surface area (Å²) in [6.07, 6.45) is 0. The van der Waals surface area contributed by atoms with Crippen molar-refractivity contribution in [3.05, 3.63) is 88.9 Å². The number of methoxy groups -OCH3 is 1. The third-order valence-electron chi connectivity index (χ3n) is 6.40. The molecule has 8 nitrogen and oxygen atoms in total. The second kappa shape index (κ2) is 13.7. The van der Waals surface area contributed by atoms with Gasteiger partial charge in [-0.2, -0.15) is 0 Å². The fourth-order valence-corrected chi connectivity index (χ4v) is 5.57. The number of rotatable bonds is 12. The van der Waals surface area contributed by atoms with Crippen LogP contribution in [0.25, 0.3) is 0 Å². The van der Waals surface area contributed by atoms with E-state index in [4.69, 9.17) is 16.3 Å². The molecule has 10 heteroatoms. The number of amides is 2. The van der Waals surface area contributed by atoms with Gasteiger partial charge in [-0.1, -0.05) is 61.3 Å². The highest BCUT2D eigenvalue weighted by Crippen LogP contribution is 2.27. The van der Waals surface area contributed by atoms with Crippen molar-refractivity contribution in [1.82, 2.24) is 10.2 Å². The summed E-state index contributed by atoms with van der Waals surface area (Å²) in [5.41, 5.74) is 1.90. The van der Waals surface area contributed by atoms with Gasteiger partial charge < -0.3 is 15.0 Å². The molecule has 0 bridgehead atoms. The summed E-state index contributed by atoms with van der Waals surface area (Å²) < 4.78 is 34.0. The summed E-state index contributed by atoms with van der Waals surface area (Å²) in [5.74, 6) is -0.168. The van der Waals surface area contributed by atoms with Crippen molar-refractivity contribution in [2.24, 2.45) is 5.92 Å². The fraction of sp³-hybridized carbons (Fsp3) is 0.333. The van der Waals surface area contributed by atoms with E-state index < -0.39 is 28.5 Å². The molecule has 2 amide bonds. The molecule has 0 radical (unpaired) electrons. The normalized spacial score (nSPS) is 12.1. The van der Waals surface area contributed by atoms with Gasteiger partial charge in [0.05, 0.1) is 17.7 Å². The van der Waals surface area contributed by atoms with Gasteiger partial charge in [0, 0.05) is 18.1 Å². The van der Waals surface area contributed by atoms with Gasteiger partial charge in [0.15, 0.2) is 0 Å². The number of benzene rings is 3. The highest BCUT2D eigenvalue weighted by atomic mass is 35.5. The van der Waals surface area contributed by atoms with Crippen molar-refractivity contribution in [3.63, 3.8) is 0 Å². The van der Waals surface area contributed by atoms with Crippen molar-refractivity contribution in [2.45, 2.75) is 45.2 Å². The summed E-state index contributed by atoms with van der Waals surface area (Å²) >= 11 is 6.40. The number of nitrogens with zero attached hydrogens (tertiary/aromatic N) is 2. The number of nitrogens with one attached hydrogen (secondary N) is 1. The minimum absolute atomic E-state index is 0.00190. The molecule has 0 fully saturated rings. The third-order valence-corrected chi connectivity index (χ3v) is 8.56. The van der Waals surface area contributed by atoms with Gasteiger partial charge in [0.25, 0.3) is 10.0 Å². The number of ether oxygens (including phenoxy) is 1. The van der Waals surface area contributed by atoms with E-state index in [0.29, 0.717) is 28.6 Å². The van der Waals surface area contributed by atoms with Crippen LogP contribution in [0.5, 0.6) is 5.75 Å². The molecule has 0 aliphatic rings. The van der Waals surface area contributed by atoms with E-state index >= 15 is 0 Å². The van der Waals surface area contributed by atoms with Crippen LogP contribution in [0.3, 0.4) is 0 Å². The number of hydrogen-bond acceptors (Lipinski definition) is 5. The van der Waals surface area contributed by atoms with Gasteiger partial charge in [-0.25, -0.2) is 8.42 Å². The Morgan fingerprint density at radius 1 is 0.950 bits per heavy atom. The maximum atomic E-state index is 13.9. The Labute approximate surface area is 241 Å². The van der Waals surface area contributed by atoms with Gasteiger partial charge in [-0.3, -0.25) is 13.9 Å². The number of anilines is 1. The molecule has 1 N–H and O–H groups in total. The SMILES string of the molecule is COc1ccc(S(=O)(=O)N(CC(=O)N(Cc2ccccc2Cl)[C@H](C)C(=O)NCC(C)C)c2ccc(C)cc2)cc1. The summed E-state index contributed by atoms with van der Waals surface area (Å²) in [6, 6.07) is 19.0. The highest BCUT2D eigenvalue weighted by Gasteiger charge is 2.32. The number of aryl methyl sites for hydroxylation is 1. The van der Waals surface area contributed by atoms with Crippen LogP contribution in [0.1, 0.15) is 31.9 Å². The molecule has 3 aromatic rings. The fourth-order valence-electron chi connectivity index (χ4n) is 3.96. The Morgan fingerprint density at radius 2 is 1.57 bits per heavy atom. The first kappa shape index (κ1) is 31.0. The van der Waals surface area contributed by atoms with E-state index in [2.05, 4.69) is 5.32 Å². The lowest BCUT2D eigenvalue weighted by Gasteiger charge is -2.32. The first-order valence-corrected chi connectivity index (χ1v) is 14.8. The monoisotopic (exact) mass is 585 g/mol. The quantitative estimate of drug-likeness (QED) is 0.321. The molecular weight excluding hydrogens is 550 g/mol. The van der Waals surface area contributed by atoms with Crippen LogP contribution in [0.15, 0.2) is 77.7 Å². The average Bonchev–Trinajstić information content (AvgIpc) is 2.94. The molecule has 0 spiro atoms. The lowest BCUT2D eigenvalue weighted by atomic mass is 10.1. The van der Waals surface area contributed by atoms with Crippen molar-refractivity contribution < 1.29 is 22.7 Å². The van der Waals surface area contributed by atoms with Crippen LogP contribution in [-0.2, 0) is 26.2 Å². The van der Waals surface area contributed by atoms with E-state index in [0.717, 1.165) is 9.87 Å². The second-order valence-electron chi connectivity index (χ2n) is 9.95. The molecular formula is C30H36ClN3O5S. The van der Waals surface area contributed by atoms with Gasteiger partial charge in [-0.15, -0.1) is 0 Å². The zero-order valence-electron chi connectivity index (χ0n) is 23.4. The maximum Gasteiger partial charge on any atom is 0.264 e. The first-order valence-electron chi connectivity index (χ1n) is 13.0. The van der Waals surface area contributed by atoms with E-state index in [9.17, 15) is 18.0 Å².